The topological polar surface area (TPSA) is 37.8 Å². The Bertz CT molecular complexity index is 318. The van der Waals surface area contributed by atoms with Crippen LogP contribution < -0.4 is 5.32 Å². The minimum atomic E-state index is 0.490. The lowest BCUT2D eigenvalue weighted by Gasteiger charge is -2.21. The Balaban J connectivity index is 2.15. The standard InChI is InChI=1S/C12H21N3S/c1-3-6-10-12(16-15-14-10)11(13-2)9-7-4-5-8-9/h9,11,13H,3-8H2,1-2H3. The molecule has 1 fully saturated rings. The van der Waals surface area contributed by atoms with Gasteiger partial charge in [-0.3, -0.25) is 0 Å². The first-order chi connectivity index (χ1) is 7.86. The molecule has 3 nitrogen and oxygen atoms in total. The van der Waals surface area contributed by atoms with Gasteiger partial charge in [-0.2, -0.15) is 0 Å². The normalized spacial score (nSPS) is 19.1. The number of hydrogen-bond acceptors (Lipinski definition) is 4. The molecule has 90 valence electrons. The molecule has 1 atom stereocenters. The third-order valence-electron chi connectivity index (χ3n) is 3.54. The van der Waals surface area contributed by atoms with Crippen LogP contribution in [-0.2, 0) is 6.42 Å². The molecule has 2 rings (SSSR count). The molecule has 1 aromatic rings. The van der Waals surface area contributed by atoms with Gasteiger partial charge in [0.15, 0.2) is 0 Å². The fraction of sp³-hybridized carbons (Fsp3) is 0.833. The lowest BCUT2D eigenvalue weighted by molar-refractivity contribution is 0.393. The van der Waals surface area contributed by atoms with Gasteiger partial charge < -0.3 is 5.32 Å². The van der Waals surface area contributed by atoms with Crippen molar-refractivity contribution in [2.45, 2.75) is 51.5 Å². The third-order valence-corrected chi connectivity index (χ3v) is 4.39. The molecule has 4 heteroatoms. The minimum absolute atomic E-state index is 0.490. The number of aryl methyl sites for hydroxylation is 1. The van der Waals surface area contributed by atoms with E-state index >= 15 is 0 Å². The van der Waals surface area contributed by atoms with Gasteiger partial charge in [0.05, 0.1) is 10.6 Å². The summed E-state index contributed by atoms with van der Waals surface area (Å²) in [6.07, 6.45) is 7.70. The number of aromatic nitrogens is 2. The van der Waals surface area contributed by atoms with E-state index in [1.165, 1.54) is 36.3 Å². The van der Waals surface area contributed by atoms with E-state index in [9.17, 15) is 0 Å². The molecule has 0 bridgehead atoms. The number of rotatable bonds is 5. The Morgan fingerprint density at radius 3 is 2.81 bits per heavy atom. The van der Waals surface area contributed by atoms with Crippen molar-refractivity contribution in [1.82, 2.24) is 14.9 Å². The van der Waals surface area contributed by atoms with Gasteiger partial charge in [-0.05, 0) is 43.8 Å². The molecule has 0 aromatic carbocycles. The van der Waals surface area contributed by atoms with Crippen molar-refractivity contribution in [3.63, 3.8) is 0 Å². The van der Waals surface area contributed by atoms with E-state index in [2.05, 4.69) is 28.9 Å². The summed E-state index contributed by atoms with van der Waals surface area (Å²) in [7, 11) is 2.07. The molecular formula is C12H21N3S. The van der Waals surface area contributed by atoms with Crippen molar-refractivity contribution in [3.8, 4) is 0 Å². The van der Waals surface area contributed by atoms with Gasteiger partial charge >= 0.3 is 0 Å². The minimum Gasteiger partial charge on any atom is -0.312 e. The van der Waals surface area contributed by atoms with Crippen molar-refractivity contribution in [3.05, 3.63) is 10.6 Å². The van der Waals surface area contributed by atoms with E-state index in [4.69, 9.17) is 0 Å². The highest BCUT2D eigenvalue weighted by Crippen LogP contribution is 2.37. The molecule has 1 aromatic heterocycles. The van der Waals surface area contributed by atoms with Crippen molar-refractivity contribution >= 4 is 11.5 Å². The summed E-state index contributed by atoms with van der Waals surface area (Å²) >= 11 is 1.59. The molecule has 1 N–H and O–H groups in total. The van der Waals surface area contributed by atoms with E-state index in [1.54, 1.807) is 11.5 Å². The molecule has 1 unspecified atom stereocenters. The predicted octanol–water partition coefficient (Wildman–Crippen LogP) is 2.94. The van der Waals surface area contributed by atoms with Gasteiger partial charge in [0, 0.05) is 6.04 Å². The van der Waals surface area contributed by atoms with Gasteiger partial charge in [-0.1, -0.05) is 30.7 Å². The summed E-state index contributed by atoms with van der Waals surface area (Å²) in [4.78, 5) is 1.39. The van der Waals surface area contributed by atoms with Crippen molar-refractivity contribution in [2.24, 2.45) is 5.92 Å². The highest BCUT2D eigenvalue weighted by Gasteiger charge is 2.28. The maximum Gasteiger partial charge on any atom is 0.0803 e. The molecule has 0 spiro atoms. The largest absolute Gasteiger partial charge is 0.312 e. The first-order valence-corrected chi connectivity index (χ1v) is 7.12. The van der Waals surface area contributed by atoms with Crippen LogP contribution in [0.5, 0.6) is 0 Å². The summed E-state index contributed by atoms with van der Waals surface area (Å²) in [5.41, 5.74) is 1.22. The van der Waals surface area contributed by atoms with Gasteiger partial charge in [0.25, 0.3) is 0 Å². The molecule has 0 aliphatic heterocycles. The zero-order chi connectivity index (χ0) is 11.4. The molecule has 1 aliphatic carbocycles. The second-order valence-electron chi connectivity index (χ2n) is 4.64. The van der Waals surface area contributed by atoms with Crippen LogP contribution in [0.15, 0.2) is 0 Å². The summed E-state index contributed by atoms with van der Waals surface area (Å²) in [6.45, 7) is 2.20. The summed E-state index contributed by atoms with van der Waals surface area (Å²) in [5.74, 6) is 0.794. The maximum atomic E-state index is 4.27. The molecule has 0 amide bonds. The number of nitrogens with one attached hydrogen (secondary N) is 1. The van der Waals surface area contributed by atoms with Crippen LogP contribution in [0.25, 0.3) is 0 Å². The summed E-state index contributed by atoms with van der Waals surface area (Å²) < 4.78 is 4.13. The molecule has 16 heavy (non-hydrogen) atoms. The van der Waals surface area contributed by atoms with Crippen LogP contribution in [0.4, 0.5) is 0 Å². The van der Waals surface area contributed by atoms with Crippen LogP contribution in [0.1, 0.15) is 55.6 Å². The molecule has 0 radical (unpaired) electrons. The van der Waals surface area contributed by atoms with E-state index in [0.29, 0.717) is 6.04 Å². The fourth-order valence-electron chi connectivity index (χ4n) is 2.73. The summed E-state index contributed by atoms with van der Waals surface area (Å²) in [5, 5.41) is 7.75. The highest BCUT2D eigenvalue weighted by molar-refractivity contribution is 7.05. The molecular weight excluding hydrogens is 218 g/mol. The SMILES string of the molecule is CCCc1nnsc1C(NC)C1CCCC1. The van der Waals surface area contributed by atoms with Crippen LogP contribution in [0, 0.1) is 5.92 Å². The van der Waals surface area contributed by atoms with Crippen LogP contribution in [0.3, 0.4) is 0 Å². The monoisotopic (exact) mass is 239 g/mol. The third kappa shape index (κ3) is 2.43. The predicted molar refractivity (Wildman–Crippen MR) is 67.7 cm³/mol. The van der Waals surface area contributed by atoms with Crippen molar-refractivity contribution < 1.29 is 0 Å². The van der Waals surface area contributed by atoms with E-state index < -0.39 is 0 Å². The number of nitrogens with zero attached hydrogens (tertiary/aromatic N) is 2. The Morgan fingerprint density at radius 1 is 1.44 bits per heavy atom. The van der Waals surface area contributed by atoms with E-state index in [0.717, 1.165) is 18.8 Å². The van der Waals surface area contributed by atoms with Crippen molar-refractivity contribution in [1.29, 1.82) is 0 Å². The Morgan fingerprint density at radius 2 is 2.19 bits per heavy atom. The quantitative estimate of drug-likeness (QED) is 0.858. The Hall–Kier alpha value is -0.480. The molecule has 0 saturated heterocycles. The van der Waals surface area contributed by atoms with Gasteiger partial charge in [0.1, 0.15) is 0 Å². The van der Waals surface area contributed by atoms with Crippen LogP contribution >= 0.6 is 11.5 Å². The lowest BCUT2D eigenvalue weighted by atomic mass is 9.95. The zero-order valence-electron chi connectivity index (χ0n) is 10.2. The van der Waals surface area contributed by atoms with Gasteiger partial charge in [-0.15, -0.1) is 5.10 Å². The Kier molecular flexibility index (Phi) is 4.29. The first kappa shape index (κ1) is 12.0. The lowest BCUT2D eigenvalue weighted by Crippen LogP contribution is -2.23. The maximum absolute atomic E-state index is 4.27. The van der Waals surface area contributed by atoms with E-state index in [1.807, 2.05) is 0 Å². The van der Waals surface area contributed by atoms with Gasteiger partial charge in [0.2, 0.25) is 0 Å². The average Bonchev–Trinajstić information content (AvgIpc) is 2.92. The fourth-order valence-corrected chi connectivity index (χ4v) is 3.63. The molecule has 1 aliphatic rings. The average molecular weight is 239 g/mol. The molecule has 1 heterocycles. The Labute approximate surface area is 102 Å². The smallest absolute Gasteiger partial charge is 0.0803 e. The first-order valence-electron chi connectivity index (χ1n) is 6.35. The summed E-state index contributed by atoms with van der Waals surface area (Å²) in [6, 6.07) is 0.490. The second-order valence-corrected chi connectivity index (χ2v) is 5.43. The highest BCUT2D eigenvalue weighted by atomic mass is 32.1. The van der Waals surface area contributed by atoms with Gasteiger partial charge in [-0.25, -0.2) is 0 Å². The van der Waals surface area contributed by atoms with E-state index in [-0.39, 0.29) is 0 Å². The second kappa shape index (κ2) is 5.73. The van der Waals surface area contributed by atoms with Crippen molar-refractivity contribution in [2.75, 3.05) is 7.05 Å². The molecule has 1 saturated carbocycles. The van der Waals surface area contributed by atoms with Crippen LogP contribution in [0.2, 0.25) is 0 Å². The van der Waals surface area contributed by atoms with Crippen LogP contribution in [-0.4, -0.2) is 16.6 Å². The number of hydrogen-bond donors (Lipinski definition) is 1. The zero-order valence-corrected chi connectivity index (χ0v) is 11.0.